The molecule has 116 valence electrons. The molecule has 0 bridgehead atoms. The van der Waals surface area contributed by atoms with E-state index >= 15 is 0 Å². The summed E-state index contributed by atoms with van der Waals surface area (Å²) < 4.78 is 2.60. The van der Waals surface area contributed by atoms with Crippen molar-refractivity contribution in [1.82, 2.24) is 19.2 Å². The van der Waals surface area contributed by atoms with Gasteiger partial charge in [0.2, 0.25) is 0 Å². The van der Waals surface area contributed by atoms with Crippen LogP contribution in [0.2, 0.25) is 0 Å². The summed E-state index contributed by atoms with van der Waals surface area (Å²) >= 11 is 0. The number of hydrogen-bond acceptors (Lipinski definition) is 5. The number of nitriles is 1. The molecule has 1 atom stereocenters. The summed E-state index contributed by atoms with van der Waals surface area (Å²) in [5.41, 5.74) is 0.690. The van der Waals surface area contributed by atoms with Crippen molar-refractivity contribution in [2.75, 3.05) is 0 Å². The summed E-state index contributed by atoms with van der Waals surface area (Å²) in [6.45, 7) is 3.48. The molecule has 1 N–H and O–H groups in total. The molecule has 0 aromatic carbocycles. The van der Waals surface area contributed by atoms with Gasteiger partial charge in [-0.1, -0.05) is 13.8 Å². The summed E-state index contributed by atoms with van der Waals surface area (Å²) in [5, 5.41) is 22.7. The molecule has 8 nitrogen and oxygen atoms in total. The summed E-state index contributed by atoms with van der Waals surface area (Å²) in [7, 11) is 0. The number of hydrogen-bond donors (Lipinski definition) is 1. The van der Waals surface area contributed by atoms with Gasteiger partial charge < -0.3 is 9.67 Å². The third-order valence-corrected chi connectivity index (χ3v) is 3.73. The first-order valence-corrected chi connectivity index (χ1v) is 6.96. The molecule has 0 spiro atoms. The van der Waals surface area contributed by atoms with E-state index in [-0.39, 0.29) is 11.3 Å². The molecule has 0 fully saturated rings. The second kappa shape index (κ2) is 5.21. The summed E-state index contributed by atoms with van der Waals surface area (Å²) in [5.74, 6) is -1.32. The van der Waals surface area contributed by atoms with Gasteiger partial charge in [-0.15, -0.1) is 0 Å². The molecular formula is C15H13N5O3. The quantitative estimate of drug-likeness (QED) is 0.777. The van der Waals surface area contributed by atoms with Crippen LogP contribution in [0, 0.1) is 17.2 Å². The molecule has 3 aromatic heterocycles. The Labute approximate surface area is 130 Å². The number of aliphatic carboxylic acids is 1. The number of rotatable bonds is 3. The molecule has 3 rings (SSSR count). The number of pyridine rings is 1. The molecule has 8 heteroatoms. The number of carboxylic acid groups (broad SMARTS) is 1. The van der Waals surface area contributed by atoms with Gasteiger partial charge in [0, 0.05) is 12.4 Å². The van der Waals surface area contributed by atoms with Crippen LogP contribution >= 0.6 is 0 Å². The topological polar surface area (TPSA) is 113 Å². The zero-order chi connectivity index (χ0) is 16.7. The first-order valence-electron chi connectivity index (χ1n) is 6.96. The highest BCUT2D eigenvalue weighted by Crippen LogP contribution is 2.19. The van der Waals surface area contributed by atoms with E-state index in [1.54, 1.807) is 19.9 Å². The minimum Gasteiger partial charge on any atom is -0.480 e. The van der Waals surface area contributed by atoms with Crippen molar-refractivity contribution >= 4 is 22.5 Å². The van der Waals surface area contributed by atoms with Gasteiger partial charge >= 0.3 is 5.97 Å². The third-order valence-electron chi connectivity index (χ3n) is 3.73. The van der Waals surface area contributed by atoms with Crippen molar-refractivity contribution in [1.29, 1.82) is 5.26 Å². The summed E-state index contributed by atoms with van der Waals surface area (Å²) in [6, 6.07) is 2.63. The van der Waals surface area contributed by atoms with Gasteiger partial charge in [0.1, 0.15) is 17.7 Å². The molecular weight excluding hydrogens is 298 g/mol. The van der Waals surface area contributed by atoms with Crippen molar-refractivity contribution in [3.8, 4) is 6.07 Å². The van der Waals surface area contributed by atoms with Gasteiger partial charge in [-0.3, -0.25) is 4.79 Å². The largest absolute Gasteiger partial charge is 0.480 e. The van der Waals surface area contributed by atoms with Crippen molar-refractivity contribution in [2.45, 2.75) is 19.9 Å². The molecule has 23 heavy (non-hydrogen) atoms. The molecule has 3 heterocycles. The zero-order valence-electron chi connectivity index (χ0n) is 12.5. The normalized spacial score (nSPS) is 12.6. The van der Waals surface area contributed by atoms with Gasteiger partial charge in [-0.05, 0) is 12.0 Å². The maximum atomic E-state index is 12.7. The minimum absolute atomic E-state index is 0.250. The van der Waals surface area contributed by atoms with E-state index in [1.165, 1.54) is 27.7 Å². The molecule has 0 aliphatic heterocycles. The zero-order valence-corrected chi connectivity index (χ0v) is 12.5. The van der Waals surface area contributed by atoms with Gasteiger partial charge in [0.25, 0.3) is 5.56 Å². The van der Waals surface area contributed by atoms with Gasteiger partial charge in [0.15, 0.2) is 5.65 Å². The first-order chi connectivity index (χ1) is 11.0. The number of nitrogens with zero attached hydrogens (tertiary/aromatic N) is 5. The van der Waals surface area contributed by atoms with E-state index < -0.39 is 17.6 Å². The smallest absolute Gasteiger partial charge is 0.327 e. The van der Waals surface area contributed by atoms with Gasteiger partial charge in [-0.25, -0.2) is 14.3 Å². The predicted octanol–water partition coefficient (Wildman–Crippen LogP) is 1.20. The minimum atomic E-state index is -1.07. The molecule has 1 unspecified atom stereocenters. The van der Waals surface area contributed by atoms with Crippen LogP contribution in [0.5, 0.6) is 0 Å². The average Bonchev–Trinajstić information content (AvgIpc) is 2.92. The Kier molecular flexibility index (Phi) is 3.33. The van der Waals surface area contributed by atoms with Crippen molar-refractivity contribution in [3.05, 3.63) is 40.6 Å². The number of carboxylic acids is 1. The van der Waals surface area contributed by atoms with Crippen LogP contribution in [-0.2, 0) is 4.79 Å². The lowest BCUT2D eigenvalue weighted by Gasteiger charge is -2.19. The fraction of sp³-hybridized carbons (Fsp3) is 0.267. The van der Waals surface area contributed by atoms with Crippen molar-refractivity contribution in [3.63, 3.8) is 0 Å². The van der Waals surface area contributed by atoms with E-state index in [2.05, 4.69) is 10.1 Å². The Balaban J connectivity index is 2.33. The Morgan fingerprint density at radius 3 is 2.74 bits per heavy atom. The van der Waals surface area contributed by atoms with E-state index in [9.17, 15) is 14.7 Å². The van der Waals surface area contributed by atoms with E-state index in [0.717, 1.165) is 0 Å². The Morgan fingerprint density at radius 2 is 2.13 bits per heavy atom. The van der Waals surface area contributed by atoms with Crippen molar-refractivity contribution in [2.24, 2.45) is 5.92 Å². The van der Waals surface area contributed by atoms with Crippen LogP contribution < -0.4 is 5.56 Å². The highest BCUT2D eigenvalue weighted by molar-refractivity contribution is 5.81. The van der Waals surface area contributed by atoms with Gasteiger partial charge in [-0.2, -0.15) is 10.4 Å². The SMILES string of the molecule is CC(C)C(C(=O)O)n1ccc2c(cnc3c(C#N)cnn32)c1=O. The fourth-order valence-electron chi connectivity index (χ4n) is 2.65. The molecule has 0 saturated carbocycles. The van der Waals surface area contributed by atoms with Crippen LogP contribution in [0.4, 0.5) is 0 Å². The Hall–Kier alpha value is -3.21. The second-order valence-electron chi connectivity index (χ2n) is 5.52. The lowest BCUT2D eigenvalue weighted by Crippen LogP contribution is -2.33. The fourth-order valence-corrected chi connectivity index (χ4v) is 2.65. The summed E-state index contributed by atoms with van der Waals surface area (Å²) in [6.07, 6.45) is 4.17. The van der Waals surface area contributed by atoms with E-state index in [0.29, 0.717) is 16.7 Å². The van der Waals surface area contributed by atoms with Crippen LogP contribution in [0.25, 0.3) is 16.6 Å². The lowest BCUT2D eigenvalue weighted by molar-refractivity contribution is -0.142. The number of carbonyl (C=O) groups is 1. The van der Waals surface area contributed by atoms with Crippen LogP contribution in [0.15, 0.2) is 29.5 Å². The molecule has 0 amide bonds. The standard InChI is InChI=1S/C15H13N5O3/c1-8(2)12(15(22)23)19-4-3-11-10(14(19)21)7-17-13-9(5-16)6-18-20(11)13/h3-4,6-8,12H,1-2H3,(H,22,23). The molecule has 0 aliphatic carbocycles. The van der Waals surface area contributed by atoms with Crippen LogP contribution in [0.1, 0.15) is 25.5 Å². The summed E-state index contributed by atoms with van der Waals surface area (Å²) in [4.78, 5) is 28.2. The van der Waals surface area contributed by atoms with Crippen molar-refractivity contribution < 1.29 is 9.90 Å². The second-order valence-corrected chi connectivity index (χ2v) is 5.52. The Bertz CT molecular complexity index is 1030. The third kappa shape index (κ3) is 2.14. The monoisotopic (exact) mass is 311 g/mol. The van der Waals surface area contributed by atoms with Crippen LogP contribution in [0.3, 0.4) is 0 Å². The van der Waals surface area contributed by atoms with E-state index in [1.807, 2.05) is 6.07 Å². The first kappa shape index (κ1) is 14.7. The maximum absolute atomic E-state index is 12.7. The molecule has 0 radical (unpaired) electrons. The number of fused-ring (bicyclic) bond motifs is 3. The highest BCUT2D eigenvalue weighted by atomic mass is 16.4. The van der Waals surface area contributed by atoms with Gasteiger partial charge in [0.05, 0.1) is 17.1 Å². The highest BCUT2D eigenvalue weighted by Gasteiger charge is 2.25. The van der Waals surface area contributed by atoms with E-state index in [4.69, 9.17) is 5.26 Å². The number of aromatic nitrogens is 4. The molecule has 3 aromatic rings. The predicted molar refractivity (Wildman–Crippen MR) is 81.0 cm³/mol. The lowest BCUT2D eigenvalue weighted by atomic mass is 10.0. The average molecular weight is 311 g/mol. The van der Waals surface area contributed by atoms with Crippen LogP contribution in [-0.4, -0.2) is 30.2 Å². The molecule has 0 aliphatic rings. The molecule has 0 saturated heterocycles. The Morgan fingerprint density at radius 1 is 1.39 bits per heavy atom. The maximum Gasteiger partial charge on any atom is 0.327 e.